The molecule has 3 rings (SSSR count). The van der Waals surface area contributed by atoms with E-state index in [0.717, 1.165) is 27.0 Å². The lowest BCUT2D eigenvalue weighted by Gasteiger charge is -2.01. The number of rotatable bonds is 5. The Morgan fingerprint density at radius 2 is 1.95 bits per heavy atom. The summed E-state index contributed by atoms with van der Waals surface area (Å²) in [6.45, 7) is 2.43. The third-order valence-corrected chi connectivity index (χ3v) is 4.92. The van der Waals surface area contributed by atoms with Gasteiger partial charge >= 0.3 is 0 Å². The molecule has 0 atom stereocenters. The topological polar surface area (TPSA) is 54.9 Å². The predicted molar refractivity (Wildman–Crippen MR) is 90.0 cm³/mol. The Balaban J connectivity index is 1.57. The second kappa shape index (κ2) is 6.81. The van der Waals surface area contributed by atoms with Crippen molar-refractivity contribution < 1.29 is 4.79 Å². The third-order valence-electron chi connectivity index (χ3n) is 3.02. The first-order valence-corrected chi connectivity index (χ1v) is 8.64. The number of aryl methyl sites for hydroxylation is 1. The molecule has 0 spiro atoms. The molecule has 0 saturated heterocycles. The Morgan fingerprint density at radius 3 is 2.68 bits per heavy atom. The van der Waals surface area contributed by atoms with E-state index in [1.165, 1.54) is 0 Å². The summed E-state index contributed by atoms with van der Waals surface area (Å²) in [4.78, 5) is 20.8. The maximum absolute atomic E-state index is 12.0. The Morgan fingerprint density at radius 1 is 1.14 bits per heavy atom. The lowest BCUT2D eigenvalue weighted by atomic mass is 10.2. The summed E-state index contributed by atoms with van der Waals surface area (Å²) < 4.78 is 0. The largest absolute Gasteiger partial charge is 0.349 e. The van der Waals surface area contributed by atoms with Crippen LogP contribution in [0.4, 0.5) is 0 Å². The van der Waals surface area contributed by atoms with E-state index >= 15 is 0 Å². The average Bonchev–Trinajstić information content (AvgIpc) is 3.15. The predicted octanol–water partition coefficient (Wildman–Crippen LogP) is 3.43. The van der Waals surface area contributed by atoms with Crippen LogP contribution in [0.15, 0.2) is 41.1 Å². The summed E-state index contributed by atoms with van der Waals surface area (Å²) in [5.41, 5.74) is 2.87. The number of thiazole rings is 2. The summed E-state index contributed by atoms with van der Waals surface area (Å²) in [6, 6.07) is 9.99. The molecule has 112 valence electrons. The van der Waals surface area contributed by atoms with Crippen molar-refractivity contribution in [2.75, 3.05) is 0 Å². The summed E-state index contributed by atoms with van der Waals surface area (Å²) in [5.74, 6) is -0.0298. The highest BCUT2D eigenvalue weighted by Crippen LogP contribution is 2.23. The minimum Gasteiger partial charge on any atom is -0.349 e. The number of hydrogen-bond acceptors (Lipinski definition) is 5. The highest BCUT2D eigenvalue weighted by atomic mass is 32.1. The van der Waals surface area contributed by atoms with Crippen molar-refractivity contribution in [3.63, 3.8) is 0 Å². The van der Waals surface area contributed by atoms with E-state index < -0.39 is 0 Å². The first-order valence-electron chi connectivity index (χ1n) is 6.88. The van der Waals surface area contributed by atoms with Gasteiger partial charge in [-0.25, -0.2) is 9.97 Å². The number of carbonyl (C=O) groups is 1. The first-order chi connectivity index (χ1) is 10.7. The molecule has 4 nitrogen and oxygen atoms in total. The summed E-state index contributed by atoms with van der Waals surface area (Å²) in [6.07, 6.45) is 0.299. The molecule has 1 amide bonds. The van der Waals surface area contributed by atoms with E-state index in [-0.39, 0.29) is 5.91 Å². The maximum atomic E-state index is 12.0. The molecule has 0 aliphatic rings. The number of nitrogens with zero attached hydrogens (tertiary/aromatic N) is 2. The van der Waals surface area contributed by atoms with Crippen LogP contribution < -0.4 is 5.32 Å². The minimum absolute atomic E-state index is 0.0298. The second-order valence-electron chi connectivity index (χ2n) is 4.85. The van der Waals surface area contributed by atoms with Crippen molar-refractivity contribution in [1.29, 1.82) is 0 Å². The second-order valence-corrected chi connectivity index (χ2v) is 6.65. The highest BCUT2D eigenvalue weighted by Gasteiger charge is 2.09. The van der Waals surface area contributed by atoms with Crippen LogP contribution in [0.3, 0.4) is 0 Å². The Hall–Kier alpha value is -2.05. The van der Waals surface area contributed by atoms with E-state index in [1.54, 1.807) is 22.7 Å². The molecule has 2 aromatic heterocycles. The normalized spacial score (nSPS) is 10.6. The van der Waals surface area contributed by atoms with Gasteiger partial charge in [-0.05, 0) is 6.92 Å². The molecular weight excluding hydrogens is 314 g/mol. The van der Waals surface area contributed by atoms with Gasteiger partial charge in [0.2, 0.25) is 5.91 Å². The maximum Gasteiger partial charge on any atom is 0.226 e. The van der Waals surface area contributed by atoms with Crippen LogP contribution in [0.25, 0.3) is 10.6 Å². The monoisotopic (exact) mass is 329 g/mol. The Labute approximate surface area is 136 Å². The molecule has 6 heteroatoms. The van der Waals surface area contributed by atoms with Gasteiger partial charge in [0.05, 0.1) is 18.7 Å². The number of carbonyl (C=O) groups excluding carboxylic acids is 1. The SMILES string of the molecule is Cc1csc(CNC(=O)Cc2csc(-c3ccccc3)n2)n1. The highest BCUT2D eigenvalue weighted by molar-refractivity contribution is 7.13. The van der Waals surface area contributed by atoms with Gasteiger partial charge in [-0.1, -0.05) is 30.3 Å². The molecule has 0 radical (unpaired) electrons. The summed E-state index contributed by atoms with van der Waals surface area (Å²) in [7, 11) is 0. The molecule has 0 aliphatic heterocycles. The van der Waals surface area contributed by atoms with Gasteiger partial charge in [0, 0.05) is 22.0 Å². The van der Waals surface area contributed by atoms with E-state index in [4.69, 9.17) is 0 Å². The quantitative estimate of drug-likeness (QED) is 0.780. The summed E-state index contributed by atoms with van der Waals surface area (Å²) >= 11 is 3.12. The van der Waals surface area contributed by atoms with Gasteiger partial charge in [-0.15, -0.1) is 22.7 Å². The van der Waals surface area contributed by atoms with Crippen molar-refractivity contribution in [3.05, 3.63) is 57.5 Å². The van der Waals surface area contributed by atoms with Crippen LogP contribution in [-0.4, -0.2) is 15.9 Å². The number of nitrogens with one attached hydrogen (secondary N) is 1. The van der Waals surface area contributed by atoms with Crippen molar-refractivity contribution in [1.82, 2.24) is 15.3 Å². The zero-order chi connectivity index (χ0) is 15.4. The number of benzene rings is 1. The fourth-order valence-corrected chi connectivity index (χ4v) is 3.52. The minimum atomic E-state index is -0.0298. The average molecular weight is 329 g/mol. The van der Waals surface area contributed by atoms with Crippen LogP contribution in [-0.2, 0) is 17.8 Å². The Kier molecular flexibility index (Phi) is 4.60. The number of hydrogen-bond donors (Lipinski definition) is 1. The fourth-order valence-electron chi connectivity index (χ4n) is 1.99. The van der Waals surface area contributed by atoms with Crippen molar-refractivity contribution in [2.24, 2.45) is 0 Å². The zero-order valence-corrected chi connectivity index (χ0v) is 13.7. The van der Waals surface area contributed by atoms with Gasteiger partial charge in [0.15, 0.2) is 0 Å². The van der Waals surface area contributed by atoms with Crippen LogP contribution in [0.2, 0.25) is 0 Å². The molecule has 3 aromatic rings. The molecule has 0 bridgehead atoms. The van der Waals surface area contributed by atoms with Crippen molar-refractivity contribution >= 4 is 28.6 Å². The van der Waals surface area contributed by atoms with Crippen LogP contribution in [0, 0.1) is 6.92 Å². The zero-order valence-electron chi connectivity index (χ0n) is 12.1. The van der Waals surface area contributed by atoms with Gasteiger partial charge in [-0.3, -0.25) is 4.79 Å². The molecule has 0 aliphatic carbocycles. The van der Waals surface area contributed by atoms with Gasteiger partial charge in [0.25, 0.3) is 0 Å². The standard InChI is InChI=1S/C16H15N3OS2/c1-11-9-21-15(18-11)8-17-14(20)7-13-10-22-16(19-13)12-5-3-2-4-6-12/h2-6,9-10H,7-8H2,1H3,(H,17,20). The summed E-state index contributed by atoms with van der Waals surface area (Å²) in [5, 5.41) is 8.67. The molecule has 1 N–H and O–H groups in total. The number of aromatic nitrogens is 2. The lowest BCUT2D eigenvalue weighted by Crippen LogP contribution is -2.24. The van der Waals surface area contributed by atoms with Gasteiger partial charge in [0.1, 0.15) is 10.0 Å². The van der Waals surface area contributed by atoms with Crippen LogP contribution >= 0.6 is 22.7 Å². The fraction of sp³-hybridized carbons (Fsp3) is 0.188. The van der Waals surface area contributed by atoms with Crippen LogP contribution in [0.1, 0.15) is 16.4 Å². The molecule has 2 heterocycles. The van der Waals surface area contributed by atoms with Gasteiger partial charge in [-0.2, -0.15) is 0 Å². The lowest BCUT2D eigenvalue weighted by molar-refractivity contribution is -0.120. The van der Waals surface area contributed by atoms with Crippen molar-refractivity contribution in [2.45, 2.75) is 19.9 Å². The van der Waals surface area contributed by atoms with E-state index in [0.29, 0.717) is 13.0 Å². The molecule has 0 unspecified atom stereocenters. The smallest absolute Gasteiger partial charge is 0.226 e. The van der Waals surface area contributed by atoms with Gasteiger partial charge < -0.3 is 5.32 Å². The molecule has 22 heavy (non-hydrogen) atoms. The Bertz CT molecular complexity index is 765. The van der Waals surface area contributed by atoms with E-state index in [9.17, 15) is 4.79 Å². The molecule has 1 aromatic carbocycles. The number of amides is 1. The molecule has 0 fully saturated rings. The van der Waals surface area contributed by atoms with Crippen LogP contribution in [0.5, 0.6) is 0 Å². The van der Waals surface area contributed by atoms with E-state index in [1.807, 2.05) is 48.0 Å². The first kappa shape index (κ1) is 14.9. The molecule has 0 saturated carbocycles. The van der Waals surface area contributed by atoms with Crippen molar-refractivity contribution in [3.8, 4) is 10.6 Å². The third kappa shape index (κ3) is 3.78. The van der Waals surface area contributed by atoms with E-state index in [2.05, 4.69) is 15.3 Å². The molecular formula is C16H15N3OS2.